The van der Waals surface area contributed by atoms with Crippen molar-refractivity contribution in [3.63, 3.8) is 0 Å². The first kappa shape index (κ1) is 15.4. The van der Waals surface area contributed by atoms with Gasteiger partial charge >= 0.3 is 6.18 Å². The summed E-state index contributed by atoms with van der Waals surface area (Å²) in [6.07, 6.45) is -4.90. The van der Waals surface area contributed by atoms with Gasteiger partial charge in [-0.25, -0.2) is 8.78 Å². The molecular formula is C15H12F5N. The average molecular weight is 301 g/mol. The number of hydrogen-bond acceptors (Lipinski definition) is 1. The predicted molar refractivity (Wildman–Crippen MR) is 68.8 cm³/mol. The molecule has 0 heterocycles. The molecule has 0 aliphatic rings. The number of hydrogen-bond donors (Lipinski definition) is 1. The van der Waals surface area contributed by atoms with Gasteiger partial charge in [0.25, 0.3) is 0 Å². The minimum absolute atomic E-state index is 0.118. The predicted octanol–water partition coefficient (Wildman–Crippen LogP) is 4.02. The Hall–Kier alpha value is -1.95. The van der Waals surface area contributed by atoms with Gasteiger partial charge in [0.2, 0.25) is 0 Å². The molecule has 0 spiro atoms. The van der Waals surface area contributed by atoms with Crippen molar-refractivity contribution in [3.05, 3.63) is 71.0 Å². The van der Waals surface area contributed by atoms with Gasteiger partial charge in [-0.15, -0.1) is 0 Å². The highest BCUT2D eigenvalue weighted by molar-refractivity contribution is 5.39. The van der Waals surface area contributed by atoms with Crippen LogP contribution >= 0.6 is 0 Å². The molecule has 6 heteroatoms. The van der Waals surface area contributed by atoms with E-state index >= 15 is 4.39 Å². The summed E-state index contributed by atoms with van der Waals surface area (Å²) in [7, 11) is 0. The van der Waals surface area contributed by atoms with Gasteiger partial charge in [0.05, 0.1) is 5.56 Å². The lowest BCUT2D eigenvalue weighted by molar-refractivity contribution is -0.140. The van der Waals surface area contributed by atoms with Gasteiger partial charge in [-0.1, -0.05) is 36.4 Å². The monoisotopic (exact) mass is 301 g/mol. The maximum atomic E-state index is 15.1. The molecule has 0 aliphatic heterocycles. The van der Waals surface area contributed by atoms with E-state index in [-0.39, 0.29) is 11.1 Å². The fraction of sp³-hybridized carbons (Fsp3) is 0.200. The minimum Gasteiger partial charge on any atom is -0.327 e. The Bertz CT molecular complexity index is 624. The molecule has 0 fully saturated rings. The van der Waals surface area contributed by atoms with Crippen LogP contribution in [0, 0.1) is 5.82 Å². The zero-order valence-electron chi connectivity index (χ0n) is 10.8. The standard InChI is InChI=1S/C15H12F5N/c16-13-7-6-11(8-12(13)15(18,19)20)14(17,9-21)10-4-2-1-3-5-10/h1-8H,9,21H2. The third-order valence-electron chi connectivity index (χ3n) is 3.24. The van der Waals surface area contributed by atoms with Gasteiger partial charge < -0.3 is 5.73 Å². The van der Waals surface area contributed by atoms with Gasteiger partial charge in [-0.3, -0.25) is 0 Å². The lowest BCUT2D eigenvalue weighted by Gasteiger charge is -2.25. The summed E-state index contributed by atoms with van der Waals surface area (Å²) in [5.74, 6) is -1.45. The third-order valence-corrected chi connectivity index (χ3v) is 3.24. The van der Waals surface area contributed by atoms with Gasteiger partial charge in [0, 0.05) is 6.54 Å². The summed E-state index contributed by atoms with van der Waals surface area (Å²) in [4.78, 5) is 0. The SMILES string of the molecule is NCC(F)(c1ccccc1)c1ccc(F)c(C(F)(F)F)c1. The normalized spacial score (nSPS) is 14.8. The highest BCUT2D eigenvalue weighted by Crippen LogP contribution is 2.38. The van der Waals surface area contributed by atoms with Crippen molar-refractivity contribution in [2.45, 2.75) is 11.8 Å². The number of benzene rings is 2. The van der Waals surface area contributed by atoms with Crippen molar-refractivity contribution in [2.24, 2.45) is 5.73 Å². The molecular weight excluding hydrogens is 289 g/mol. The fourth-order valence-corrected chi connectivity index (χ4v) is 2.09. The Morgan fingerprint density at radius 2 is 1.48 bits per heavy atom. The van der Waals surface area contributed by atoms with Crippen molar-refractivity contribution in [1.29, 1.82) is 0 Å². The molecule has 0 saturated heterocycles. The summed E-state index contributed by atoms with van der Waals surface area (Å²) in [5.41, 5.74) is 1.39. The van der Waals surface area contributed by atoms with Crippen LogP contribution in [0.2, 0.25) is 0 Å². The molecule has 0 aliphatic carbocycles. The maximum Gasteiger partial charge on any atom is 0.419 e. The third kappa shape index (κ3) is 2.90. The van der Waals surface area contributed by atoms with Crippen molar-refractivity contribution in [3.8, 4) is 0 Å². The van der Waals surface area contributed by atoms with Crippen LogP contribution in [-0.2, 0) is 11.8 Å². The summed E-state index contributed by atoms with van der Waals surface area (Å²) in [5, 5.41) is 0. The molecule has 112 valence electrons. The molecule has 0 bridgehead atoms. The summed E-state index contributed by atoms with van der Waals surface area (Å²) in [6.45, 7) is -0.556. The molecule has 1 atom stereocenters. The Labute approximate surface area is 118 Å². The first-order chi connectivity index (χ1) is 9.79. The number of alkyl halides is 4. The second kappa shape index (κ2) is 5.44. The zero-order valence-corrected chi connectivity index (χ0v) is 10.8. The van der Waals surface area contributed by atoms with Crippen molar-refractivity contribution in [1.82, 2.24) is 0 Å². The summed E-state index contributed by atoms with van der Waals surface area (Å²) in [6, 6.07) is 9.63. The van der Waals surface area contributed by atoms with Gasteiger partial charge in [0.15, 0.2) is 5.67 Å². The van der Waals surface area contributed by atoms with Crippen molar-refractivity contribution in [2.75, 3.05) is 6.54 Å². The van der Waals surface area contributed by atoms with Crippen LogP contribution in [-0.4, -0.2) is 6.54 Å². The van der Waals surface area contributed by atoms with Gasteiger partial charge in [0.1, 0.15) is 5.82 Å². The minimum atomic E-state index is -4.90. The van der Waals surface area contributed by atoms with Crippen LogP contribution in [0.25, 0.3) is 0 Å². The highest BCUT2D eigenvalue weighted by atomic mass is 19.4. The van der Waals surface area contributed by atoms with Gasteiger partial charge in [-0.05, 0) is 23.3 Å². The Morgan fingerprint density at radius 3 is 2.00 bits per heavy atom. The van der Waals surface area contributed by atoms with Crippen molar-refractivity contribution < 1.29 is 22.0 Å². The molecule has 1 nitrogen and oxygen atoms in total. The maximum absolute atomic E-state index is 15.1. The summed E-state index contributed by atoms with van der Waals surface area (Å²) < 4.78 is 66.5. The lowest BCUT2D eigenvalue weighted by atomic mass is 9.87. The summed E-state index contributed by atoms with van der Waals surface area (Å²) >= 11 is 0. The van der Waals surface area contributed by atoms with Crippen LogP contribution in [0.4, 0.5) is 22.0 Å². The van der Waals surface area contributed by atoms with E-state index in [1.807, 2.05) is 0 Å². The van der Waals surface area contributed by atoms with E-state index in [1.165, 1.54) is 12.1 Å². The van der Waals surface area contributed by atoms with Crippen LogP contribution in [0.15, 0.2) is 48.5 Å². The fourth-order valence-electron chi connectivity index (χ4n) is 2.09. The first-order valence-corrected chi connectivity index (χ1v) is 6.11. The Morgan fingerprint density at radius 1 is 0.857 bits per heavy atom. The van der Waals surface area contributed by atoms with Crippen LogP contribution in [0.3, 0.4) is 0 Å². The van der Waals surface area contributed by atoms with Gasteiger partial charge in [-0.2, -0.15) is 13.2 Å². The van der Waals surface area contributed by atoms with E-state index < -0.39 is 29.8 Å². The van der Waals surface area contributed by atoms with E-state index in [0.29, 0.717) is 12.1 Å². The zero-order chi connectivity index (χ0) is 15.7. The smallest absolute Gasteiger partial charge is 0.327 e. The number of rotatable bonds is 3. The van der Waals surface area contributed by atoms with Crippen molar-refractivity contribution >= 4 is 0 Å². The largest absolute Gasteiger partial charge is 0.419 e. The van der Waals surface area contributed by atoms with E-state index in [9.17, 15) is 17.6 Å². The van der Waals surface area contributed by atoms with E-state index in [2.05, 4.69) is 0 Å². The second-order valence-electron chi connectivity index (χ2n) is 4.56. The number of halogens is 5. The number of nitrogens with two attached hydrogens (primary N) is 1. The molecule has 2 rings (SSSR count). The topological polar surface area (TPSA) is 26.0 Å². The molecule has 1 unspecified atom stereocenters. The highest BCUT2D eigenvalue weighted by Gasteiger charge is 2.38. The lowest BCUT2D eigenvalue weighted by Crippen LogP contribution is -2.32. The van der Waals surface area contributed by atoms with E-state index in [4.69, 9.17) is 5.73 Å². The Kier molecular flexibility index (Phi) is 4.00. The molecule has 2 N–H and O–H groups in total. The van der Waals surface area contributed by atoms with E-state index in [0.717, 1.165) is 6.07 Å². The molecule has 0 amide bonds. The quantitative estimate of drug-likeness (QED) is 0.852. The molecule has 0 saturated carbocycles. The van der Waals surface area contributed by atoms with Crippen LogP contribution < -0.4 is 5.73 Å². The Balaban J connectivity index is 2.59. The molecule has 2 aromatic rings. The molecule has 0 radical (unpaired) electrons. The second-order valence-corrected chi connectivity index (χ2v) is 4.56. The molecule has 21 heavy (non-hydrogen) atoms. The first-order valence-electron chi connectivity index (χ1n) is 6.11. The molecule has 2 aromatic carbocycles. The van der Waals surface area contributed by atoms with Crippen LogP contribution in [0.5, 0.6) is 0 Å². The average Bonchev–Trinajstić information content (AvgIpc) is 2.46. The molecule has 0 aromatic heterocycles. The van der Waals surface area contributed by atoms with Crippen LogP contribution in [0.1, 0.15) is 16.7 Å². The van der Waals surface area contributed by atoms with E-state index in [1.54, 1.807) is 18.2 Å².